The maximum absolute atomic E-state index is 12.3. The molecule has 5 heteroatoms. The van der Waals surface area contributed by atoms with Crippen molar-refractivity contribution in [3.8, 4) is 0 Å². The van der Waals surface area contributed by atoms with Gasteiger partial charge in [0.15, 0.2) is 0 Å². The molecule has 3 rings (SSSR count). The molecule has 132 valence electrons. The van der Waals surface area contributed by atoms with Crippen LogP contribution < -0.4 is 10.2 Å². The van der Waals surface area contributed by atoms with E-state index < -0.39 is 0 Å². The number of anilines is 1. The Kier molecular flexibility index (Phi) is 6.35. The summed E-state index contributed by atoms with van der Waals surface area (Å²) >= 11 is 0. The minimum atomic E-state index is 0.0779. The van der Waals surface area contributed by atoms with Gasteiger partial charge in [-0.15, -0.1) is 0 Å². The first-order chi connectivity index (χ1) is 11.8. The summed E-state index contributed by atoms with van der Waals surface area (Å²) in [5.74, 6) is 0. The zero-order valence-electron chi connectivity index (χ0n) is 14.5. The number of amides is 2. The van der Waals surface area contributed by atoms with Crippen LogP contribution in [0.2, 0.25) is 0 Å². The van der Waals surface area contributed by atoms with Gasteiger partial charge >= 0.3 is 6.03 Å². The van der Waals surface area contributed by atoms with Crippen LogP contribution in [0.1, 0.15) is 37.7 Å². The van der Waals surface area contributed by atoms with E-state index in [1.165, 1.54) is 24.9 Å². The Morgan fingerprint density at radius 2 is 1.54 bits per heavy atom. The highest BCUT2D eigenvalue weighted by molar-refractivity contribution is 5.74. The number of nitrogens with zero attached hydrogens (tertiary/aromatic N) is 2. The number of carbonyl (C=O) groups excluding carboxylic acids is 1. The van der Waals surface area contributed by atoms with Crippen molar-refractivity contribution in [2.24, 2.45) is 0 Å². The number of likely N-dealkylation sites (tertiary alicyclic amines) is 1. The van der Waals surface area contributed by atoms with Gasteiger partial charge in [0.25, 0.3) is 0 Å². The van der Waals surface area contributed by atoms with E-state index in [9.17, 15) is 4.79 Å². The van der Waals surface area contributed by atoms with Gasteiger partial charge in [0, 0.05) is 38.4 Å². The predicted molar refractivity (Wildman–Crippen MR) is 96.4 cm³/mol. The fourth-order valence-corrected chi connectivity index (χ4v) is 3.39. The van der Waals surface area contributed by atoms with Gasteiger partial charge in [-0.3, -0.25) is 0 Å². The van der Waals surface area contributed by atoms with Crippen molar-refractivity contribution in [2.45, 2.75) is 38.6 Å². The van der Waals surface area contributed by atoms with E-state index in [0.717, 1.165) is 57.8 Å². The van der Waals surface area contributed by atoms with Crippen LogP contribution in [0.25, 0.3) is 0 Å². The van der Waals surface area contributed by atoms with E-state index in [-0.39, 0.29) is 6.03 Å². The van der Waals surface area contributed by atoms with Gasteiger partial charge in [-0.05, 0) is 30.5 Å². The second-order valence-electron chi connectivity index (χ2n) is 6.68. The average molecular weight is 331 g/mol. The number of hydrogen-bond acceptors (Lipinski definition) is 3. The molecule has 2 aliphatic heterocycles. The van der Waals surface area contributed by atoms with Gasteiger partial charge in [-0.1, -0.05) is 31.4 Å². The van der Waals surface area contributed by atoms with Crippen LogP contribution in [0.3, 0.4) is 0 Å². The lowest BCUT2D eigenvalue weighted by Crippen LogP contribution is -2.41. The number of hydrogen-bond donors (Lipinski definition) is 1. The summed E-state index contributed by atoms with van der Waals surface area (Å²) in [5.41, 5.74) is 2.38. The highest BCUT2D eigenvalue weighted by Gasteiger charge is 2.14. The molecule has 0 saturated carbocycles. The number of morpholine rings is 1. The molecule has 5 nitrogen and oxygen atoms in total. The summed E-state index contributed by atoms with van der Waals surface area (Å²) < 4.78 is 5.39. The zero-order valence-corrected chi connectivity index (χ0v) is 14.5. The van der Waals surface area contributed by atoms with Gasteiger partial charge in [0.1, 0.15) is 0 Å². The molecule has 0 bridgehead atoms. The summed E-state index contributed by atoms with van der Waals surface area (Å²) in [5, 5.41) is 3.07. The van der Waals surface area contributed by atoms with Crippen molar-refractivity contribution < 1.29 is 9.53 Å². The standard InChI is InChI=1S/C19H29N3O2/c23-19(22-10-4-2-1-3-5-11-22)20-16-17-6-8-18(9-7-17)21-12-14-24-15-13-21/h6-9H,1-5,10-16H2,(H,20,23). The number of nitrogens with one attached hydrogen (secondary N) is 1. The van der Waals surface area contributed by atoms with Crippen LogP contribution in [0.4, 0.5) is 10.5 Å². The Balaban J connectivity index is 1.47. The fourth-order valence-electron chi connectivity index (χ4n) is 3.39. The van der Waals surface area contributed by atoms with Gasteiger partial charge in [-0.2, -0.15) is 0 Å². The minimum Gasteiger partial charge on any atom is -0.378 e. The van der Waals surface area contributed by atoms with E-state index in [1.54, 1.807) is 0 Å². The summed E-state index contributed by atoms with van der Waals surface area (Å²) in [6.45, 7) is 5.87. The predicted octanol–water partition coefficient (Wildman–Crippen LogP) is 3.00. The number of rotatable bonds is 3. The summed E-state index contributed by atoms with van der Waals surface area (Å²) in [4.78, 5) is 16.7. The Bertz CT molecular complexity index is 504. The van der Waals surface area contributed by atoms with Crippen molar-refractivity contribution >= 4 is 11.7 Å². The highest BCUT2D eigenvalue weighted by Crippen LogP contribution is 2.17. The second kappa shape index (κ2) is 8.92. The molecular weight excluding hydrogens is 302 g/mol. The zero-order chi connectivity index (χ0) is 16.6. The molecule has 0 aromatic heterocycles. The van der Waals surface area contributed by atoms with Crippen LogP contribution in [0, 0.1) is 0 Å². The molecule has 1 aromatic carbocycles. The molecule has 2 heterocycles. The molecule has 1 N–H and O–H groups in total. The largest absolute Gasteiger partial charge is 0.378 e. The lowest BCUT2D eigenvalue weighted by molar-refractivity contribution is 0.122. The maximum Gasteiger partial charge on any atom is 0.317 e. The molecule has 2 amide bonds. The Morgan fingerprint density at radius 1 is 0.917 bits per heavy atom. The summed E-state index contributed by atoms with van der Waals surface area (Å²) in [6.07, 6.45) is 6.05. The maximum atomic E-state index is 12.3. The molecule has 2 saturated heterocycles. The monoisotopic (exact) mass is 331 g/mol. The molecule has 1 aromatic rings. The van der Waals surface area contributed by atoms with Crippen LogP contribution >= 0.6 is 0 Å². The molecular formula is C19H29N3O2. The molecule has 0 atom stereocenters. The first-order valence-electron chi connectivity index (χ1n) is 9.27. The minimum absolute atomic E-state index is 0.0779. The first kappa shape index (κ1) is 17.1. The van der Waals surface area contributed by atoms with E-state index in [0.29, 0.717) is 6.54 Å². The second-order valence-corrected chi connectivity index (χ2v) is 6.68. The molecule has 0 spiro atoms. The van der Waals surface area contributed by atoms with Crippen LogP contribution in [0.15, 0.2) is 24.3 Å². The van der Waals surface area contributed by atoms with Gasteiger partial charge in [0.05, 0.1) is 13.2 Å². The average Bonchev–Trinajstić information content (AvgIpc) is 2.61. The topological polar surface area (TPSA) is 44.8 Å². The van der Waals surface area contributed by atoms with Gasteiger partial charge in [-0.25, -0.2) is 4.79 Å². The lowest BCUT2D eigenvalue weighted by atomic mass is 10.1. The third kappa shape index (κ3) is 4.87. The number of ether oxygens (including phenoxy) is 1. The van der Waals surface area contributed by atoms with E-state index in [2.05, 4.69) is 34.5 Å². The SMILES string of the molecule is O=C(NCc1ccc(N2CCOCC2)cc1)N1CCCCCCC1. The number of urea groups is 1. The van der Waals surface area contributed by atoms with Crippen LogP contribution in [0.5, 0.6) is 0 Å². The van der Waals surface area contributed by atoms with Crippen LogP contribution in [-0.2, 0) is 11.3 Å². The van der Waals surface area contributed by atoms with Gasteiger partial charge in [0.2, 0.25) is 0 Å². The fraction of sp³-hybridized carbons (Fsp3) is 0.632. The molecule has 0 unspecified atom stereocenters. The van der Waals surface area contributed by atoms with Crippen molar-refractivity contribution in [3.05, 3.63) is 29.8 Å². The third-order valence-electron chi connectivity index (χ3n) is 4.90. The number of carbonyl (C=O) groups is 1. The van der Waals surface area contributed by atoms with E-state index in [1.807, 2.05) is 4.90 Å². The van der Waals surface area contributed by atoms with Crippen molar-refractivity contribution in [2.75, 3.05) is 44.3 Å². The molecule has 2 fully saturated rings. The van der Waals surface area contributed by atoms with Crippen molar-refractivity contribution in [1.29, 1.82) is 0 Å². The normalized spacial score (nSPS) is 19.5. The molecule has 24 heavy (non-hydrogen) atoms. The van der Waals surface area contributed by atoms with Gasteiger partial charge < -0.3 is 19.9 Å². The summed E-state index contributed by atoms with van der Waals surface area (Å²) in [7, 11) is 0. The molecule has 0 radical (unpaired) electrons. The quantitative estimate of drug-likeness (QED) is 0.926. The molecule has 0 aliphatic carbocycles. The highest BCUT2D eigenvalue weighted by atomic mass is 16.5. The van der Waals surface area contributed by atoms with Crippen LogP contribution in [-0.4, -0.2) is 50.3 Å². The van der Waals surface area contributed by atoms with Crippen molar-refractivity contribution in [1.82, 2.24) is 10.2 Å². The van der Waals surface area contributed by atoms with E-state index in [4.69, 9.17) is 4.74 Å². The van der Waals surface area contributed by atoms with E-state index >= 15 is 0 Å². The Hall–Kier alpha value is -1.75. The number of benzene rings is 1. The molecule has 2 aliphatic rings. The first-order valence-corrected chi connectivity index (χ1v) is 9.27. The Labute approximate surface area is 145 Å². The lowest BCUT2D eigenvalue weighted by Gasteiger charge is -2.29. The summed E-state index contributed by atoms with van der Waals surface area (Å²) in [6, 6.07) is 8.58. The smallest absolute Gasteiger partial charge is 0.317 e. The Morgan fingerprint density at radius 3 is 2.21 bits per heavy atom. The van der Waals surface area contributed by atoms with Crippen molar-refractivity contribution in [3.63, 3.8) is 0 Å². The third-order valence-corrected chi connectivity index (χ3v) is 4.90.